The first kappa shape index (κ1) is 16.0. The van der Waals surface area contributed by atoms with Crippen LogP contribution in [0.3, 0.4) is 0 Å². The lowest BCUT2D eigenvalue weighted by Crippen LogP contribution is -2.46. The Balaban J connectivity index is 2.01. The molecule has 2 amide bonds. The fourth-order valence-electron chi connectivity index (χ4n) is 3.59. The summed E-state index contributed by atoms with van der Waals surface area (Å²) < 4.78 is 4.98. The van der Waals surface area contributed by atoms with Gasteiger partial charge in [0.1, 0.15) is 0 Å². The number of rotatable bonds is 5. The molecule has 5 heteroatoms. The summed E-state index contributed by atoms with van der Waals surface area (Å²) in [7, 11) is 1.61. The molecule has 2 aliphatic rings. The van der Waals surface area contributed by atoms with Crippen molar-refractivity contribution in [2.45, 2.75) is 44.1 Å². The molecule has 21 heavy (non-hydrogen) atoms. The van der Waals surface area contributed by atoms with Crippen LogP contribution in [0.2, 0.25) is 0 Å². The van der Waals surface area contributed by atoms with Crippen molar-refractivity contribution >= 4 is 11.8 Å². The second-order valence-electron chi connectivity index (χ2n) is 5.99. The highest BCUT2D eigenvalue weighted by atomic mass is 16.5. The number of nitrogens with zero attached hydrogens (tertiary/aromatic N) is 2. The first-order valence-corrected chi connectivity index (χ1v) is 7.81. The van der Waals surface area contributed by atoms with Gasteiger partial charge in [-0.3, -0.25) is 9.59 Å². The molecule has 0 aromatic heterocycles. The van der Waals surface area contributed by atoms with Gasteiger partial charge < -0.3 is 14.5 Å². The summed E-state index contributed by atoms with van der Waals surface area (Å²) >= 11 is 0. The van der Waals surface area contributed by atoms with Crippen LogP contribution in [-0.4, -0.2) is 60.5 Å². The Labute approximate surface area is 126 Å². The topological polar surface area (TPSA) is 49.9 Å². The van der Waals surface area contributed by atoms with E-state index in [4.69, 9.17) is 4.74 Å². The molecule has 0 aromatic carbocycles. The lowest BCUT2D eigenvalue weighted by molar-refractivity contribution is -0.132. The summed E-state index contributed by atoms with van der Waals surface area (Å²) in [5.74, 6) is 0.391. The molecule has 0 aromatic rings. The lowest BCUT2D eigenvalue weighted by Gasteiger charge is -2.37. The summed E-state index contributed by atoms with van der Waals surface area (Å²) in [6.45, 7) is 6.39. The molecule has 0 aliphatic carbocycles. The molecule has 0 saturated carbocycles. The quantitative estimate of drug-likeness (QED) is 0.723. The largest absolute Gasteiger partial charge is 0.384 e. The van der Waals surface area contributed by atoms with Gasteiger partial charge in [-0.15, -0.1) is 6.58 Å². The van der Waals surface area contributed by atoms with E-state index in [2.05, 4.69) is 6.58 Å². The third-order valence-corrected chi connectivity index (χ3v) is 4.78. The fourth-order valence-corrected chi connectivity index (χ4v) is 3.59. The van der Waals surface area contributed by atoms with Crippen LogP contribution in [0.5, 0.6) is 0 Å². The Morgan fingerprint density at radius 1 is 1.38 bits per heavy atom. The van der Waals surface area contributed by atoms with Crippen molar-refractivity contribution in [1.29, 1.82) is 0 Å². The zero-order valence-electron chi connectivity index (χ0n) is 13.0. The SMILES string of the molecule is C=CCN1C(=O)CCC12CCCN(C(=O)CCOC)CC2. The highest BCUT2D eigenvalue weighted by Crippen LogP contribution is 2.39. The number of ether oxygens (including phenoxy) is 1. The average molecular weight is 294 g/mol. The van der Waals surface area contributed by atoms with Crippen LogP contribution in [0.15, 0.2) is 12.7 Å². The molecule has 0 N–H and O–H groups in total. The van der Waals surface area contributed by atoms with Crippen LogP contribution in [0.1, 0.15) is 38.5 Å². The zero-order chi connectivity index (χ0) is 15.3. The van der Waals surface area contributed by atoms with Crippen molar-refractivity contribution in [3.8, 4) is 0 Å². The molecule has 2 heterocycles. The van der Waals surface area contributed by atoms with Crippen LogP contribution < -0.4 is 0 Å². The Bertz CT molecular complexity index is 410. The van der Waals surface area contributed by atoms with Crippen LogP contribution in [0, 0.1) is 0 Å². The second-order valence-corrected chi connectivity index (χ2v) is 5.99. The first-order chi connectivity index (χ1) is 10.1. The fraction of sp³-hybridized carbons (Fsp3) is 0.750. The summed E-state index contributed by atoms with van der Waals surface area (Å²) in [4.78, 5) is 28.1. The maximum absolute atomic E-state index is 12.1. The third-order valence-electron chi connectivity index (χ3n) is 4.78. The van der Waals surface area contributed by atoms with E-state index in [1.54, 1.807) is 13.2 Å². The van der Waals surface area contributed by atoms with Gasteiger partial charge in [0.15, 0.2) is 0 Å². The van der Waals surface area contributed by atoms with E-state index in [0.29, 0.717) is 26.0 Å². The van der Waals surface area contributed by atoms with Gasteiger partial charge in [0, 0.05) is 38.7 Å². The monoisotopic (exact) mass is 294 g/mol. The van der Waals surface area contributed by atoms with Crippen LogP contribution in [-0.2, 0) is 14.3 Å². The Morgan fingerprint density at radius 2 is 2.19 bits per heavy atom. The molecule has 2 saturated heterocycles. The molecule has 0 bridgehead atoms. The molecular formula is C16H26N2O3. The van der Waals surface area contributed by atoms with E-state index >= 15 is 0 Å². The standard InChI is InChI=1S/C16H26N2O3/c1-3-10-18-15(20)5-8-16(18)7-4-11-17(12-9-16)14(19)6-13-21-2/h3H,1,4-13H2,2H3. The van der Waals surface area contributed by atoms with E-state index in [0.717, 1.165) is 38.8 Å². The van der Waals surface area contributed by atoms with Gasteiger partial charge in [-0.05, 0) is 25.7 Å². The zero-order valence-corrected chi connectivity index (χ0v) is 13.0. The van der Waals surface area contributed by atoms with Crippen molar-refractivity contribution in [1.82, 2.24) is 9.80 Å². The second kappa shape index (κ2) is 7.07. The van der Waals surface area contributed by atoms with Gasteiger partial charge in [0.25, 0.3) is 0 Å². The minimum absolute atomic E-state index is 0.0540. The average Bonchev–Trinajstić information content (AvgIpc) is 2.67. The molecular weight excluding hydrogens is 268 g/mol. The molecule has 118 valence electrons. The van der Waals surface area contributed by atoms with Crippen LogP contribution in [0.25, 0.3) is 0 Å². The highest BCUT2D eigenvalue weighted by Gasteiger charge is 2.45. The third kappa shape index (κ3) is 3.46. The summed E-state index contributed by atoms with van der Waals surface area (Å²) in [5, 5.41) is 0. The molecule has 1 atom stereocenters. The number of carbonyl (C=O) groups is 2. The van der Waals surface area contributed by atoms with E-state index in [9.17, 15) is 9.59 Å². The van der Waals surface area contributed by atoms with Gasteiger partial charge in [-0.25, -0.2) is 0 Å². The van der Waals surface area contributed by atoms with Crippen LogP contribution in [0.4, 0.5) is 0 Å². The summed E-state index contributed by atoms with van der Waals surface area (Å²) in [6.07, 6.45) is 6.62. The minimum atomic E-state index is -0.0540. The van der Waals surface area contributed by atoms with Gasteiger partial charge >= 0.3 is 0 Å². The number of hydrogen-bond acceptors (Lipinski definition) is 3. The van der Waals surface area contributed by atoms with Crippen molar-refractivity contribution < 1.29 is 14.3 Å². The number of carbonyl (C=O) groups excluding carboxylic acids is 2. The van der Waals surface area contributed by atoms with Gasteiger partial charge in [0.2, 0.25) is 11.8 Å². The number of amides is 2. The van der Waals surface area contributed by atoms with Crippen molar-refractivity contribution in [3.05, 3.63) is 12.7 Å². The number of methoxy groups -OCH3 is 1. The molecule has 2 rings (SSSR count). The maximum Gasteiger partial charge on any atom is 0.224 e. The smallest absolute Gasteiger partial charge is 0.224 e. The van der Waals surface area contributed by atoms with Gasteiger partial charge in [-0.2, -0.15) is 0 Å². The maximum atomic E-state index is 12.1. The number of likely N-dealkylation sites (tertiary alicyclic amines) is 2. The normalized spacial score (nSPS) is 26.2. The van der Waals surface area contributed by atoms with E-state index < -0.39 is 0 Å². The molecule has 2 fully saturated rings. The molecule has 5 nitrogen and oxygen atoms in total. The summed E-state index contributed by atoms with van der Waals surface area (Å²) in [6, 6.07) is 0. The van der Waals surface area contributed by atoms with Crippen molar-refractivity contribution in [3.63, 3.8) is 0 Å². The Kier molecular flexibility index (Phi) is 5.39. The highest BCUT2D eigenvalue weighted by molar-refractivity contribution is 5.80. The van der Waals surface area contributed by atoms with Gasteiger partial charge in [-0.1, -0.05) is 6.08 Å². The van der Waals surface area contributed by atoms with Gasteiger partial charge in [0.05, 0.1) is 13.0 Å². The van der Waals surface area contributed by atoms with E-state index in [-0.39, 0.29) is 17.4 Å². The molecule has 1 spiro atoms. The minimum Gasteiger partial charge on any atom is -0.384 e. The Morgan fingerprint density at radius 3 is 2.90 bits per heavy atom. The molecule has 1 unspecified atom stereocenters. The molecule has 0 radical (unpaired) electrons. The first-order valence-electron chi connectivity index (χ1n) is 7.81. The predicted octanol–water partition coefficient (Wildman–Crippen LogP) is 1.58. The molecule has 2 aliphatic heterocycles. The van der Waals surface area contributed by atoms with Crippen molar-refractivity contribution in [2.24, 2.45) is 0 Å². The van der Waals surface area contributed by atoms with E-state index in [1.807, 2.05) is 9.80 Å². The van der Waals surface area contributed by atoms with Crippen LogP contribution >= 0.6 is 0 Å². The van der Waals surface area contributed by atoms with E-state index in [1.165, 1.54) is 0 Å². The Hall–Kier alpha value is -1.36. The summed E-state index contributed by atoms with van der Waals surface area (Å²) in [5.41, 5.74) is -0.0540. The predicted molar refractivity (Wildman–Crippen MR) is 80.8 cm³/mol. The van der Waals surface area contributed by atoms with Crippen molar-refractivity contribution in [2.75, 3.05) is 33.4 Å². The lowest BCUT2D eigenvalue weighted by atomic mass is 9.87. The number of hydrogen-bond donors (Lipinski definition) is 0.